The van der Waals surface area contributed by atoms with Crippen LogP contribution >= 0.6 is 15.9 Å². The van der Waals surface area contributed by atoms with Crippen molar-refractivity contribution < 1.29 is 13.2 Å². The summed E-state index contributed by atoms with van der Waals surface area (Å²) in [6.07, 6.45) is 0. The molecule has 0 bridgehead atoms. The van der Waals surface area contributed by atoms with E-state index in [1.165, 1.54) is 6.07 Å². The Hall–Kier alpha value is -1.20. The predicted molar refractivity (Wildman–Crippen MR) is 58.8 cm³/mol. The van der Waals surface area contributed by atoms with E-state index >= 15 is 0 Å². The van der Waals surface area contributed by atoms with E-state index in [-0.39, 0.29) is 5.56 Å². The van der Waals surface area contributed by atoms with E-state index < -0.39 is 17.7 Å². The smallest absolute Gasteiger partial charge is 0.169 e. The Balaban J connectivity index is 2.37. The highest BCUT2D eigenvalue weighted by atomic mass is 79.9. The SMILES string of the molecule is NC(c1ccc(Br)o1)c1ccc(F)cc1F. The molecule has 0 aliphatic rings. The number of nitrogens with two attached hydrogens (primary N) is 1. The van der Waals surface area contributed by atoms with Crippen LogP contribution in [0.15, 0.2) is 39.4 Å². The van der Waals surface area contributed by atoms with Gasteiger partial charge in [-0.3, -0.25) is 0 Å². The molecule has 0 radical (unpaired) electrons. The van der Waals surface area contributed by atoms with Crippen molar-refractivity contribution in [1.82, 2.24) is 0 Å². The largest absolute Gasteiger partial charge is 0.452 e. The van der Waals surface area contributed by atoms with Crippen LogP contribution in [-0.2, 0) is 0 Å². The van der Waals surface area contributed by atoms with Crippen LogP contribution in [0.25, 0.3) is 0 Å². The maximum atomic E-state index is 13.4. The number of benzene rings is 1. The first-order valence-corrected chi connectivity index (χ1v) is 5.33. The molecule has 0 spiro atoms. The molecule has 0 aliphatic heterocycles. The van der Waals surface area contributed by atoms with Gasteiger partial charge in [0.1, 0.15) is 17.4 Å². The highest BCUT2D eigenvalue weighted by Crippen LogP contribution is 2.26. The lowest BCUT2D eigenvalue weighted by atomic mass is 10.1. The second kappa shape index (κ2) is 4.35. The van der Waals surface area contributed by atoms with Crippen LogP contribution < -0.4 is 5.73 Å². The Morgan fingerprint density at radius 3 is 2.50 bits per heavy atom. The van der Waals surface area contributed by atoms with Crippen molar-refractivity contribution >= 4 is 15.9 Å². The standard InChI is InChI=1S/C11H8BrF2NO/c12-10-4-3-9(16-10)11(15)7-2-1-6(13)5-8(7)14/h1-5,11H,15H2. The number of furan rings is 1. The van der Waals surface area contributed by atoms with Crippen LogP contribution in [0, 0.1) is 11.6 Å². The molecule has 1 aromatic heterocycles. The molecule has 2 nitrogen and oxygen atoms in total. The molecular weight excluding hydrogens is 280 g/mol. The molecule has 0 saturated heterocycles. The maximum Gasteiger partial charge on any atom is 0.169 e. The molecule has 1 unspecified atom stereocenters. The zero-order valence-corrected chi connectivity index (χ0v) is 9.67. The molecule has 1 heterocycles. The first-order valence-electron chi connectivity index (χ1n) is 4.53. The summed E-state index contributed by atoms with van der Waals surface area (Å²) in [7, 11) is 0. The summed E-state index contributed by atoms with van der Waals surface area (Å²) in [6.45, 7) is 0. The number of halogens is 3. The van der Waals surface area contributed by atoms with Crippen molar-refractivity contribution in [1.29, 1.82) is 0 Å². The van der Waals surface area contributed by atoms with Gasteiger partial charge < -0.3 is 10.2 Å². The van der Waals surface area contributed by atoms with Gasteiger partial charge in [0.25, 0.3) is 0 Å². The molecular formula is C11H8BrF2NO. The third-order valence-electron chi connectivity index (χ3n) is 2.20. The average molecular weight is 288 g/mol. The summed E-state index contributed by atoms with van der Waals surface area (Å²) in [4.78, 5) is 0. The minimum absolute atomic E-state index is 0.197. The third kappa shape index (κ3) is 2.15. The summed E-state index contributed by atoms with van der Waals surface area (Å²) in [6, 6.07) is 5.83. The van der Waals surface area contributed by atoms with Gasteiger partial charge in [0.05, 0.1) is 6.04 Å². The molecule has 0 fully saturated rings. The van der Waals surface area contributed by atoms with Crippen LogP contribution in [-0.4, -0.2) is 0 Å². The van der Waals surface area contributed by atoms with Gasteiger partial charge in [-0.2, -0.15) is 0 Å². The lowest BCUT2D eigenvalue weighted by Crippen LogP contribution is -2.12. The average Bonchev–Trinajstić information content (AvgIpc) is 2.64. The van der Waals surface area contributed by atoms with E-state index in [4.69, 9.17) is 10.2 Å². The van der Waals surface area contributed by atoms with Crippen LogP contribution in [0.2, 0.25) is 0 Å². The second-order valence-corrected chi connectivity index (χ2v) is 4.07. The number of hydrogen-bond donors (Lipinski definition) is 1. The van der Waals surface area contributed by atoms with Crippen LogP contribution in [0.1, 0.15) is 17.4 Å². The number of rotatable bonds is 2. The monoisotopic (exact) mass is 287 g/mol. The van der Waals surface area contributed by atoms with Crippen molar-refractivity contribution in [2.45, 2.75) is 6.04 Å². The van der Waals surface area contributed by atoms with E-state index in [1.54, 1.807) is 12.1 Å². The fourth-order valence-corrected chi connectivity index (χ4v) is 1.72. The highest BCUT2D eigenvalue weighted by molar-refractivity contribution is 9.10. The molecule has 1 aromatic carbocycles. The molecule has 16 heavy (non-hydrogen) atoms. The summed E-state index contributed by atoms with van der Waals surface area (Å²) in [5.74, 6) is -0.897. The van der Waals surface area contributed by atoms with Gasteiger partial charge in [-0.05, 0) is 34.1 Å². The van der Waals surface area contributed by atoms with Crippen molar-refractivity contribution in [3.63, 3.8) is 0 Å². The Kier molecular flexibility index (Phi) is 3.07. The number of hydrogen-bond acceptors (Lipinski definition) is 2. The zero-order chi connectivity index (χ0) is 11.7. The molecule has 2 rings (SSSR count). The molecule has 0 saturated carbocycles. The molecule has 0 amide bonds. The van der Waals surface area contributed by atoms with E-state index in [1.807, 2.05) is 0 Å². The molecule has 5 heteroatoms. The van der Waals surface area contributed by atoms with Crippen molar-refractivity contribution in [2.24, 2.45) is 5.73 Å². The molecule has 2 aromatic rings. The summed E-state index contributed by atoms with van der Waals surface area (Å²) >= 11 is 3.13. The van der Waals surface area contributed by atoms with Crippen LogP contribution in [0.3, 0.4) is 0 Å². The van der Waals surface area contributed by atoms with Crippen LogP contribution in [0.4, 0.5) is 8.78 Å². The van der Waals surface area contributed by atoms with Crippen molar-refractivity contribution in [3.05, 3.63) is 58.0 Å². The Bertz CT molecular complexity index is 512. The van der Waals surface area contributed by atoms with Crippen LogP contribution in [0.5, 0.6) is 0 Å². The summed E-state index contributed by atoms with van der Waals surface area (Å²) in [5.41, 5.74) is 6.00. The van der Waals surface area contributed by atoms with Gasteiger partial charge in [0, 0.05) is 11.6 Å². The lowest BCUT2D eigenvalue weighted by Gasteiger charge is -2.10. The Morgan fingerprint density at radius 2 is 1.94 bits per heavy atom. The van der Waals surface area contributed by atoms with Crippen molar-refractivity contribution in [2.75, 3.05) is 0 Å². The third-order valence-corrected chi connectivity index (χ3v) is 2.62. The van der Waals surface area contributed by atoms with Gasteiger partial charge in [-0.25, -0.2) is 8.78 Å². The lowest BCUT2D eigenvalue weighted by molar-refractivity contribution is 0.461. The highest BCUT2D eigenvalue weighted by Gasteiger charge is 2.17. The molecule has 84 valence electrons. The molecule has 1 atom stereocenters. The topological polar surface area (TPSA) is 39.2 Å². The van der Waals surface area contributed by atoms with Gasteiger partial charge >= 0.3 is 0 Å². The van der Waals surface area contributed by atoms with E-state index in [9.17, 15) is 8.78 Å². The minimum atomic E-state index is -0.744. The fourth-order valence-electron chi connectivity index (χ4n) is 1.40. The van der Waals surface area contributed by atoms with Crippen molar-refractivity contribution in [3.8, 4) is 0 Å². The fraction of sp³-hybridized carbons (Fsp3) is 0.0909. The van der Waals surface area contributed by atoms with Gasteiger partial charge in [-0.1, -0.05) is 6.07 Å². The zero-order valence-electron chi connectivity index (χ0n) is 8.08. The minimum Gasteiger partial charge on any atom is -0.452 e. The normalized spacial score (nSPS) is 12.8. The van der Waals surface area contributed by atoms with E-state index in [0.717, 1.165) is 12.1 Å². The Labute approximate surface area is 99.2 Å². The van der Waals surface area contributed by atoms with Gasteiger partial charge in [-0.15, -0.1) is 0 Å². The van der Waals surface area contributed by atoms with Gasteiger partial charge in [0.15, 0.2) is 4.67 Å². The van der Waals surface area contributed by atoms with E-state index in [0.29, 0.717) is 10.4 Å². The molecule has 2 N–H and O–H groups in total. The summed E-state index contributed by atoms with van der Waals surface area (Å²) in [5, 5.41) is 0. The van der Waals surface area contributed by atoms with Gasteiger partial charge in [0.2, 0.25) is 0 Å². The quantitative estimate of drug-likeness (QED) is 0.920. The predicted octanol–water partition coefficient (Wildman–Crippen LogP) is 3.37. The Morgan fingerprint density at radius 1 is 1.19 bits per heavy atom. The second-order valence-electron chi connectivity index (χ2n) is 3.29. The first-order chi connectivity index (χ1) is 7.58. The first kappa shape index (κ1) is 11.3. The molecule has 0 aliphatic carbocycles. The summed E-state index contributed by atoms with van der Waals surface area (Å²) < 4.78 is 31.9. The van der Waals surface area contributed by atoms with E-state index in [2.05, 4.69) is 15.9 Å². The maximum absolute atomic E-state index is 13.4.